The average molecular weight is 256 g/mol. The largest absolute Gasteiger partial charge is 0.320 e. The maximum Gasteiger partial charge on any atom is 0.0555 e. The fourth-order valence-corrected chi connectivity index (χ4v) is 2.71. The monoisotopic (exact) mass is 256 g/mol. The van der Waals surface area contributed by atoms with Crippen LogP contribution >= 0.6 is 0 Å². The minimum atomic E-state index is 0.425. The summed E-state index contributed by atoms with van der Waals surface area (Å²) in [5.74, 6) is 6.96. The average Bonchev–Trinajstić information content (AvgIpc) is 2.46. The third-order valence-electron chi connectivity index (χ3n) is 3.95. The first kappa shape index (κ1) is 14.1. The van der Waals surface area contributed by atoms with Crippen molar-refractivity contribution in [2.75, 3.05) is 19.6 Å². The van der Waals surface area contributed by atoms with Gasteiger partial charge in [0.2, 0.25) is 0 Å². The minimum absolute atomic E-state index is 0.425. The molecule has 0 aromatic heterocycles. The van der Waals surface area contributed by atoms with E-state index in [0.717, 1.165) is 18.0 Å². The first-order chi connectivity index (χ1) is 9.31. The van der Waals surface area contributed by atoms with E-state index < -0.39 is 0 Å². The maximum atomic E-state index is 5.41. The SMILES string of the molecule is CCC1CCN(Cc2cccc(C#CCN)c2)CC1. The Morgan fingerprint density at radius 1 is 1.32 bits per heavy atom. The van der Waals surface area contributed by atoms with Gasteiger partial charge in [0.15, 0.2) is 0 Å². The van der Waals surface area contributed by atoms with Gasteiger partial charge >= 0.3 is 0 Å². The summed E-state index contributed by atoms with van der Waals surface area (Å²) in [6.07, 6.45) is 4.03. The molecule has 2 N–H and O–H groups in total. The van der Waals surface area contributed by atoms with E-state index in [-0.39, 0.29) is 0 Å². The predicted octanol–water partition coefficient (Wildman–Crippen LogP) is 2.62. The van der Waals surface area contributed by atoms with Crippen molar-refractivity contribution in [2.24, 2.45) is 11.7 Å². The summed E-state index contributed by atoms with van der Waals surface area (Å²) < 4.78 is 0. The van der Waals surface area contributed by atoms with Crippen LogP contribution in [-0.4, -0.2) is 24.5 Å². The molecule has 0 aliphatic carbocycles. The van der Waals surface area contributed by atoms with Gasteiger partial charge < -0.3 is 5.73 Å². The number of hydrogen-bond donors (Lipinski definition) is 1. The fraction of sp³-hybridized carbons (Fsp3) is 0.529. The quantitative estimate of drug-likeness (QED) is 0.842. The van der Waals surface area contributed by atoms with Crippen LogP contribution in [0.4, 0.5) is 0 Å². The molecule has 0 saturated carbocycles. The first-order valence-corrected chi connectivity index (χ1v) is 7.32. The minimum Gasteiger partial charge on any atom is -0.320 e. The molecule has 102 valence electrons. The van der Waals surface area contributed by atoms with Crippen LogP contribution in [0.2, 0.25) is 0 Å². The topological polar surface area (TPSA) is 29.3 Å². The fourth-order valence-electron chi connectivity index (χ4n) is 2.71. The summed E-state index contributed by atoms with van der Waals surface area (Å²) >= 11 is 0. The van der Waals surface area contributed by atoms with Gasteiger partial charge in [0.25, 0.3) is 0 Å². The number of hydrogen-bond acceptors (Lipinski definition) is 2. The number of benzene rings is 1. The summed E-state index contributed by atoms with van der Waals surface area (Å²) in [6.45, 7) is 6.25. The summed E-state index contributed by atoms with van der Waals surface area (Å²) in [5, 5.41) is 0. The Morgan fingerprint density at radius 3 is 2.79 bits per heavy atom. The number of nitrogens with two attached hydrogens (primary N) is 1. The molecule has 2 rings (SSSR count). The van der Waals surface area contributed by atoms with Crippen LogP contribution in [0.5, 0.6) is 0 Å². The molecule has 1 heterocycles. The molecule has 0 amide bonds. The Labute approximate surface area is 117 Å². The van der Waals surface area contributed by atoms with Crippen LogP contribution in [0.15, 0.2) is 24.3 Å². The zero-order valence-corrected chi connectivity index (χ0v) is 11.9. The first-order valence-electron chi connectivity index (χ1n) is 7.32. The molecule has 0 atom stereocenters. The lowest BCUT2D eigenvalue weighted by molar-refractivity contribution is 0.175. The molecule has 1 aromatic rings. The zero-order valence-electron chi connectivity index (χ0n) is 11.9. The molecule has 0 spiro atoms. The van der Waals surface area contributed by atoms with Crippen LogP contribution in [0, 0.1) is 17.8 Å². The highest BCUT2D eigenvalue weighted by Gasteiger charge is 2.17. The standard InChI is InChI=1S/C17H24N2/c1-2-15-8-11-19(12-9-15)14-17-6-3-5-16(13-17)7-4-10-18/h3,5-6,13,15H,2,8-12,14,18H2,1H3. The Kier molecular flexibility index (Phi) is 5.44. The molecular weight excluding hydrogens is 232 g/mol. The van der Waals surface area contributed by atoms with Crippen LogP contribution in [-0.2, 0) is 6.54 Å². The number of nitrogens with zero attached hydrogens (tertiary/aromatic N) is 1. The molecule has 1 aliphatic rings. The van der Waals surface area contributed by atoms with Crippen LogP contribution < -0.4 is 5.73 Å². The summed E-state index contributed by atoms with van der Waals surface area (Å²) in [5.41, 5.74) is 7.84. The van der Waals surface area contributed by atoms with E-state index in [1.807, 2.05) is 0 Å². The van der Waals surface area contributed by atoms with Gasteiger partial charge in [0, 0.05) is 12.1 Å². The van der Waals surface area contributed by atoms with Crippen molar-refractivity contribution < 1.29 is 0 Å². The van der Waals surface area contributed by atoms with Crippen LogP contribution in [0.3, 0.4) is 0 Å². The molecule has 19 heavy (non-hydrogen) atoms. The Balaban J connectivity index is 1.92. The number of likely N-dealkylation sites (tertiary alicyclic amines) is 1. The second-order valence-corrected chi connectivity index (χ2v) is 5.33. The lowest BCUT2D eigenvalue weighted by atomic mass is 9.94. The van der Waals surface area contributed by atoms with Gasteiger partial charge in [-0.2, -0.15) is 0 Å². The normalized spacial score (nSPS) is 16.9. The van der Waals surface area contributed by atoms with Gasteiger partial charge in [0.1, 0.15) is 0 Å². The van der Waals surface area contributed by atoms with Gasteiger partial charge in [-0.3, -0.25) is 4.90 Å². The van der Waals surface area contributed by atoms with Crippen molar-refractivity contribution in [1.29, 1.82) is 0 Å². The molecule has 1 aliphatic heterocycles. The molecule has 2 heteroatoms. The van der Waals surface area contributed by atoms with Crippen molar-refractivity contribution >= 4 is 0 Å². The van der Waals surface area contributed by atoms with Gasteiger partial charge in [-0.1, -0.05) is 37.3 Å². The summed E-state index contributed by atoms with van der Waals surface area (Å²) in [4.78, 5) is 2.56. The van der Waals surface area contributed by atoms with E-state index in [1.165, 1.54) is 37.9 Å². The summed E-state index contributed by atoms with van der Waals surface area (Å²) in [6, 6.07) is 8.53. The zero-order chi connectivity index (χ0) is 13.5. The van der Waals surface area contributed by atoms with Gasteiger partial charge in [-0.15, -0.1) is 0 Å². The molecule has 1 saturated heterocycles. The second kappa shape index (κ2) is 7.33. The Morgan fingerprint density at radius 2 is 2.11 bits per heavy atom. The van der Waals surface area contributed by atoms with Crippen LogP contribution in [0.1, 0.15) is 37.3 Å². The predicted molar refractivity (Wildman–Crippen MR) is 80.7 cm³/mol. The van der Waals surface area contributed by atoms with Crippen molar-refractivity contribution in [3.63, 3.8) is 0 Å². The van der Waals surface area contributed by atoms with Crippen molar-refractivity contribution in [3.05, 3.63) is 35.4 Å². The Hall–Kier alpha value is -1.30. The highest BCUT2D eigenvalue weighted by Crippen LogP contribution is 2.21. The van der Waals surface area contributed by atoms with Gasteiger partial charge in [-0.05, 0) is 49.5 Å². The lowest BCUT2D eigenvalue weighted by Crippen LogP contribution is -2.32. The van der Waals surface area contributed by atoms with Gasteiger partial charge in [0.05, 0.1) is 6.54 Å². The number of rotatable bonds is 3. The van der Waals surface area contributed by atoms with E-state index in [9.17, 15) is 0 Å². The third-order valence-corrected chi connectivity index (χ3v) is 3.95. The molecule has 2 nitrogen and oxygen atoms in total. The van der Waals surface area contributed by atoms with Crippen LogP contribution in [0.25, 0.3) is 0 Å². The number of piperidine rings is 1. The highest BCUT2D eigenvalue weighted by molar-refractivity contribution is 5.37. The highest BCUT2D eigenvalue weighted by atomic mass is 15.1. The smallest absolute Gasteiger partial charge is 0.0555 e. The van der Waals surface area contributed by atoms with E-state index in [2.05, 4.69) is 47.9 Å². The molecule has 0 unspecified atom stereocenters. The second-order valence-electron chi connectivity index (χ2n) is 5.33. The van der Waals surface area contributed by atoms with Crippen molar-refractivity contribution in [1.82, 2.24) is 4.90 Å². The molecular formula is C17H24N2. The van der Waals surface area contributed by atoms with E-state index in [4.69, 9.17) is 5.73 Å². The van der Waals surface area contributed by atoms with Gasteiger partial charge in [-0.25, -0.2) is 0 Å². The molecule has 1 aromatic carbocycles. The van der Waals surface area contributed by atoms with E-state index in [0.29, 0.717) is 6.54 Å². The summed E-state index contributed by atoms with van der Waals surface area (Å²) in [7, 11) is 0. The van der Waals surface area contributed by atoms with Crippen molar-refractivity contribution in [3.8, 4) is 11.8 Å². The van der Waals surface area contributed by atoms with E-state index >= 15 is 0 Å². The van der Waals surface area contributed by atoms with E-state index in [1.54, 1.807) is 0 Å². The lowest BCUT2D eigenvalue weighted by Gasteiger charge is -2.31. The Bertz CT molecular complexity index is 448. The molecule has 0 radical (unpaired) electrons. The maximum absolute atomic E-state index is 5.41. The van der Waals surface area contributed by atoms with Crippen molar-refractivity contribution in [2.45, 2.75) is 32.7 Å². The molecule has 0 bridgehead atoms. The third kappa shape index (κ3) is 4.38. The molecule has 1 fully saturated rings.